The van der Waals surface area contributed by atoms with E-state index in [1.54, 1.807) is 24.8 Å². The van der Waals surface area contributed by atoms with Gasteiger partial charge in [-0.15, -0.1) is 0 Å². The summed E-state index contributed by atoms with van der Waals surface area (Å²) in [5.74, 6) is 0.00338. The van der Waals surface area contributed by atoms with Gasteiger partial charge in [0.15, 0.2) is 5.69 Å². The summed E-state index contributed by atoms with van der Waals surface area (Å²) in [7, 11) is 0. The van der Waals surface area contributed by atoms with Gasteiger partial charge in [0.25, 0.3) is 5.91 Å². The van der Waals surface area contributed by atoms with Crippen LogP contribution in [0.15, 0.2) is 28.8 Å². The molecule has 0 atom stereocenters. The highest BCUT2D eigenvalue weighted by Crippen LogP contribution is 2.24. The zero-order valence-corrected chi connectivity index (χ0v) is 19.6. The standard InChI is InChI=1S/C21H22Cl2N6O4/c1-13-9-19(29(31)32)24-28(13)12-17-14(2)33-25-20(17)21(30)27-7-5-26(6-8-27)11-15-3-4-16(22)10-18(15)23/h3-4,9-10H,5-8,11-12H2,1-2H3. The first-order valence-electron chi connectivity index (χ1n) is 10.3. The molecule has 0 aliphatic carbocycles. The second kappa shape index (κ2) is 9.50. The van der Waals surface area contributed by atoms with Gasteiger partial charge >= 0.3 is 5.82 Å². The molecule has 174 valence electrons. The van der Waals surface area contributed by atoms with Crippen molar-refractivity contribution in [3.63, 3.8) is 0 Å². The minimum atomic E-state index is -0.549. The van der Waals surface area contributed by atoms with Gasteiger partial charge in [-0.05, 0) is 36.5 Å². The summed E-state index contributed by atoms with van der Waals surface area (Å²) in [6, 6.07) is 6.83. The summed E-state index contributed by atoms with van der Waals surface area (Å²) in [6.45, 7) is 6.68. The molecule has 0 bridgehead atoms. The molecule has 1 saturated heterocycles. The third-order valence-electron chi connectivity index (χ3n) is 5.72. The van der Waals surface area contributed by atoms with Crippen LogP contribution in [-0.2, 0) is 13.1 Å². The zero-order chi connectivity index (χ0) is 23.7. The molecule has 3 aromatic rings. The normalized spacial score (nSPS) is 14.6. The predicted octanol–water partition coefficient (Wildman–Crippen LogP) is 3.71. The van der Waals surface area contributed by atoms with Crippen molar-refractivity contribution in [1.29, 1.82) is 0 Å². The van der Waals surface area contributed by atoms with Crippen LogP contribution in [-0.4, -0.2) is 61.7 Å². The molecule has 2 aromatic heterocycles. The lowest BCUT2D eigenvalue weighted by Crippen LogP contribution is -2.48. The molecule has 1 aromatic carbocycles. The van der Waals surface area contributed by atoms with E-state index in [2.05, 4.69) is 15.2 Å². The quantitative estimate of drug-likeness (QED) is 0.380. The van der Waals surface area contributed by atoms with Crippen molar-refractivity contribution in [2.75, 3.05) is 26.2 Å². The molecule has 0 N–H and O–H groups in total. The average Bonchev–Trinajstić information content (AvgIpc) is 3.33. The lowest BCUT2D eigenvalue weighted by Gasteiger charge is -2.34. The molecular formula is C21H22Cl2N6O4. The Morgan fingerprint density at radius 2 is 1.88 bits per heavy atom. The number of halogens is 2. The van der Waals surface area contributed by atoms with Crippen LogP contribution >= 0.6 is 23.2 Å². The van der Waals surface area contributed by atoms with Crippen LogP contribution in [0.25, 0.3) is 0 Å². The summed E-state index contributed by atoms with van der Waals surface area (Å²) in [4.78, 5) is 27.6. The van der Waals surface area contributed by atoms with Gasteiger partial charge in [0.2, 0.25) is 0 Å². The van der Waals surface area contributed by atoms with Gasteiger partial charge in [-0.2, -0.15) is 4.68 Å². The number of amides is 1. The fourth-order valence-corrected chi connectivity index (χ4v) is 4.26. The van der Waals surface area contributed by atoms with Crippen LogP contribution in [0.1, 0.15) is 33.1 Å². The highest BCUT2D eigenvalue weighted by atomic mass is 35.5. The molecule has 0 unspecified atom stereocenters. The summed E-state index contributed by atoms with van der Waals surface area (Å²) in [6.07, 6.45) is 0. The second-order valence-corrected chi connectivity index (χ2v) is 8.77. The predicted molar refractivity (Wildman–Crippen MR) is 122 cm³/mol. The summed E-state index contributed by atoms with van der Waals surface area (Å²) in [5.41, 5.74) is 2.37. The number of hydrogen-bond acceptors (Lipinski definition) is 7. The zero-order valence-electron chi connectivity index (χ0n) is 18.1. The third kappa shape index (κ3) is 5.02. The van der Waals surface area contributed by atoms with Gasteiger partial charge in [0, 0.05) is 42.8 Å². The highest BCUT2D eigenvalue weighted by molar-refractivity contribution is 6.35. The first-order valence-corrected chi connectivity index (χ1v) is 11.1. The number of aromatic nitrogens is 3. The van der Waals surface area contributed by atoms with E-state index in [0.29, 0.717) is 59.8 Å². The molecule has 1 amide bonds. The van der Waals surface area contributed by atoms with Crippen LogP contribution in [0.5, 0.6) is 0 Å². The Morgan fingerprint density at radius 1 is 1.15 bits per heavy atom. The van der Waals surface area contributed by atoms with Gasteiger partial charge in [-0.25, -0.2) is 0 Å². The number of nitrogens with zero attached hydrogens (tertiary/aromatic N) is 6. The van der Waals surface area contributed by atoms with E-state index in [-0.39, 0.29) is 24.0 Å². The summed E-state index contributed by atoms with van der Waals surface area (Å²) < 4.78 is 6.76. The lowest BCUT2D eigenvalue weighted by molar-refractivity contribution is -0.389. The first kappa shape index (κ1) is 23.2. The number of aryl methyl sites for hydroxylation is 2. The maximum absolute atomic E-state index is 13.2. The number of carbonyl (C=O) groups excluding carboxylic acids is 1. The molecule has 1 aliphatic heterocycles. The van der Waals surface area contributed by atoms with Crippen molar-refractivity contribution in [3.05, 3.63) is 72.7 Å². The van der Waals surface area contributed by atoms with Crippen LogP contribution in [0.3, 0.4) is 0 Å². The number of rotatable bonds is 6. The van der Waals surface area contributed by atoms with Gasteiger partial charge in [0.1, 0.15) is 5.76 Å². The van der Waals surface area contributed by atoms with Gasteiger partial charge < -0.3 is 19.5 Å². The molecule has 0 spiro atoms. The molecule has 3 heterocycles. The molecule has 1 aliphatic rings. The molecule has 10 nitrogen and oxygen atoms in total. The Bertz CT molecular complexity index is 1200. The monoisotopic (exact) mass is 492 g/mol. The van der Waals surface area contributed by atoms with E-state index >= 15 is 0 Å². The molecule has 0 saturated carbocycles. The number of carbonyl (C=O) groups is 1. The van der Waals surface area contributed by atoms with Gasteiger partial charge in [-0.3, -0.25) is 9.69 Å². The van der Waals surface area contributed by atoms with E-state index in [0.717, 1.165) is 5.56 Å². The maximum atomic E-state index is 13.2. The molecule has 12 heteroatoms. The Hall–Kier alpha value is -2.95. The number of piperazine rings is 1. The second-order valence-electron chi connectivity index (χ2n) is 7.93. The molecule has 33 heavy (non-hydrogen) atoms. The highest BCUT2D eigenvalue weighted by Gasteiger charge is 2.29. The lowest BCUT2D eigenvalue weighted by atomic mass is 10.1. The van der Waals surface area contributed by atoms with Crippen molar-refractivity contribution in [3.8, 4) is 0 Å². The third-order valence-corrected chi connectivity index (χ3v) is 6.31. The van der Waals surface area contributed by atoms with Crippen molar-refractivity contribution in [1.82, 2.24) is 24.7 Å². The number of benzene rings is 1. The Balaban J connectivity index is 1.43. The van der Waals surface area contributed by atoms with Crippen molar-refractivity contribution in [2.45, 2.75) is 26.9 Å². The van der Waals surface area contributed by atoms with E-state index in [4.69, 9.17) is 27.7 Å². The molecule has 4 rings (SSSR count). The van der Waals surface area contributed by atoms with Crippen LogP contribution in [0.2, 0.25) is 10.0 Å². The maximum Gasteiger partial charge on any atom is 0.390 e. The van der Waals surface area contributed by atoms with Crippen molar-refractivity contribution in [2.24, 2.45) is 0 Å². The van der Waals surface area contributed by atoms with Crippen molar-refractivity contribution >= 4 is 34.9 Å². The van der Waals surface area contributed by atoms with Gasteiger partial charge in [0.05, 0.1) is 29.0 Å². The number of nitro groups is 1. The minimum absolute atomic E-state index is 0.158. The largest absolute Gasteiger partial charge is 0.390 e. The van der Waals surface area contributed by atoms with Crippen LogP contribution in [0.4, 0.5) is 5.82 Å². The van der Waals surface area contributed by atoms with Gasteiger partial charge in [-0.1, -0.05) is 34.4 Å². The number of hydrogen-bond donors (Lipinski definition) is 0. The van der Waals surface area contributed by atoms with Crippen molar-refractivity contribution < 1.29 is 14.2 Å². The Kier molecular flexibility index (Phi) is 6.68. The van der Waals surface area contributed by atoms with E-state index in [9.17, 15) is 14.9 Å². The Morgan fingerprint density at radius 3 is 2.52 bits per heavy atom. The van der Waals surface area contributed by atoms with E-state index in [1.165, 1.54) is 10.7 Å². The molecular weight excluding hydrogens is 471 g/mol. The SMILES string of the molecule is Cc1onc(C(=O)N2CCN(Cc3ccc(Cl)cc3Cl)CC2)c1Cn1nc([N+](=O)[O-])cc1C. The Labute approximate surface area is 199 Å². The van der Waals surface area contributed by atoms with Crippen LogP contribution < -0.4 is 0 Å². The topological polar surface area (TPSA) is 111 Å². The first-order chi connectivity index (χ1) is 15.7. The summed E-state index contributed by atoms with van der Waals surface area (Å²) >= 11 is 12.3. The van der Waals surface area contributed by atoms with E-state index in [1.807, 2.05) is 12.1 Å². The molecule has 1 fully saturated rings. The fourth-order valence-electron chi connectivity index (χ4n) is 3.79. The molecule has 0 radical (unpaired) electrons. The summed E-state index contributed by atoms with van der Waals surface area (Å²) in [5, 5.41) is 20.2. The van der Waals surface area contributed by atoms with Crippen LogP contribution in [0, 0.1) is 24.0 Å². The fraction of sp³-hybridized carbons (Fsp3) is 0.381. The minimum Gasteiger partial charge on any atom is -0.361 e. The van der Waals surface area contributed by atoms with E-state index < -0.39 is 4.92 Å². The average molecular weight is 493 g/mol. The smallest absolute Gasteiger partial charge is 0.361 e.